The van der Waals surface area contributed by atoms with E-state index in [1.165, 1.54) is 28.0 Å². The van der Waals surface area contributed by atoms with Crippen LogP contribution in [0.15, 0.2) is 128 Å². The summed E-state index contributed by atoms with van der Waals surface area (Å²) in [6.07, 6.45) is 1.89. The first-order valence-corrected chi connectivity index (χ1v) is 15.7. The van der Waals surface area contributed by atoms with Crippen LogP contribution in [0.1, 0.15) is 52.0 Å². The van der Waals surface area contributed by atoms with Crippen LogP contribution in [0.4, 0.5) is 0 Å². The van der Waals surface area contributed by atoms with Crippen LogP contribution in [0.2, 0.25) is 0 Å². The Bertz CT molecular complexity index is 2150. The van der Waals surface area contributed by atoms with Crippen molar-refractivity contribution in [3.05, 3.63) is 174 Å². The number of fused-ring (bicyclic) bond motifs is 1. The molecular weight excluding hydrogens is 763 g/mol. The average Bonchev–Trinajstić information content (AvgIpc) is 3.12. The van der Waals surface area contributed by atoms with E-state index in [9.17, 15) is 0 Å². The molecule has 0 atom stereocenters. The molecule has 0 N–H and O–H groups in total. The molecule has 0 amide bonds. The minimum atomic E-state index is -2.16. The molecule has 4 heteroatoms. The van der Waals surface area contributed by atoms with E-state index in [1.54, 1.807) is 18.2 Å². The van der Waals surface area contributed by atoms with Crippen LogP contribution in [0, 0.1) is 45.8 Å². The molecule has 0 aliphatic rings. The zero-order valence-corrected chi connectivity index (χ0v) is 30.3. The number of hydrogen-bond donors (Lipinski definition) is 0. The fourth-order valence-corrected chi connectivity index (χ4v) is 5.17. The van der Waals surface area contributed by atoms with Gasteiger partial charge in [0, 0.05) is 21.7 Å². The first-order chi connectivity index (χ1) is 24.0. The average molecular weight is 806 g/mol. The van der Waals surface area contributed by atoms with Crippen molar-refractivity contribution in [2.45, 2.75) is 47.4 Å². The maximum atomic E-state index is 7.29. The Morgan fingerprint density at radius 2 is 1.29 bits per heavy atom. The van der Waals surface area contributed by atoms with Crippen LogP contribution in [-0.4, -0.2) is 15.0 Å². The summed E-state index contributed by atoms with van der Waals surface area (Å²) < 4.78 is 21.9. The molecule has 0 unspecified atom stereocenters. The number of aryl methyl sites for hydroxylation is 4. The summed E-state index contributed by atoms with van der Waals surface area (Å²) >= 11 is 0. The monoisotopic (exact) mass is 806 g/mol. The number of hydrogen-bond acceptors (Lipinski definition) is 3. The molecule has 48 heavy (non-hydrogen) atoms. The summed E-state index contributed by atoms with van der Waals surface area (Å²) in [6.45, 7) is 8.48. The fraction of sp³-hybridized carbons (Fsp3) is 0.159. The summed E-state index contributed by atoms with van der Waals surface area (Å²) in [5.74, 6) is 0.519. The first-order valence-electron chi connectivity index (χ1n) is 17.2. The predicted octanol–water partition coefficient (Wildman–Crippen LogP) is 11.2. The van der Waals surface area contributed by atoms with Gasteiger partial charge >= 0.3 is 20.1 Å². The molecule has 0 aliphatic carbocycles. The number of aromatic nitrogens is 3. The minimum Gasteiger partial charge on any atom is -0.304 e. The van der Waals surface area contributed by atoms with E-state index < -0.39 is 6.85 Å². The van der Waals surface area contributed by atoms with E-state index in [4.69, 9.17) is 4.11 Å². The van der Waals surface area contributed by atoms with E-state index in [-0.39, 0.29) is 25.8 Å². The molecule has 3 heterocycles. The molecule has 3 aromatic heterocycles. The molecule has 0 bridgehead atoms. The van der Waals surface area contributed by atoms with Crippen molar-refractivity contribution in [3.8, 4) is 33.8 Å². The Labute approximate surface area is 303 Å². The van der Waals surface area contributed by atoms with E-state index in [2.05, 4.69) is 97.2 Å². The largest absolute Gasteiger partial charge is 3.00 e. The summed E-state index contributed by atoms with van der Waals surface area (Å²) in [5, 5.41) is 2.45. The van der Waals surface area contributed by atoms with Gasteiger partial charge in [-0.05, 0) is 71.3 Å². The second-order valence-electron chi connectivity index (χ2n) is 11.7. The van der Waals surface area contributed by atoms with E-state index in [0.29, 0.717) is 11.6 Å². The van der Waals surface area contributed by atoms with Crippen molar-refractivity contribution < 1.29 is 24.2 Å². The van der Waals surface area contributed by atoms with Gasteiger partial charge in [-0.1, -0.05) is 70.2 Å². The molecule has 240 valence electrons. The molecule has 4 aromatic carbocycles. The summed E-state index contributed by atoms with van der Waals surface area (Å²) in [6, 6.07) is 48.9. The van der Waals surface area contributed by atoms with Gasteiger partial charge in [0.1, 0.15) is 0 Å². The van der Waals surface area contributed by atoms with Gasteiger partial charge in [0.2, 0.25) is 0 Å². The van der Waals surface area contributed by atoms with Crippen LogP contribution in [-0.2, 0) is 20.1 Å². The topological polar surface area (TPSA) is 38.7 Å². The van der Waals surface area contributed by atoms with Crippen LogP contribution in [0.3, 0.4) is 0 Å². The second kappa shape index (κ2) is 17.4. The molecule has 3 nitrogen and oxygen atoms in total. The van der Waals surface area contributed by atoms with Gasteiger partial charge in [-0.25, -0.2) is 0 Å². The Hall–Kier alpha value is -4.76. The standard InChI is InChI=1S/C20H20N.2C12H10N.Ir/c1-13(2)17-6-5-16-7-8-21-20(19(16)12-17)18-10-14(3)9-15(4)11-18;2*1-10-6-5-9-12(13-10)11-7-3-2-4-8-11;/h5-10,12-13H,1-4H3;2*2-7,9H,1H3;/q3*-1;+3/i;1D3;;. The van der Waals surface area contributed by atoms with Crippen molar-refractivity contribution in [2.24, 2.45) is 0 Å². The molecule has 0 radical (unpaired) electrons. The van der Waals surface area contributed by atoms with Crippen molar-refractivity contribution in [3.63, 3.8) is 0 Å². The minimum absolute atomic E-state index is 0. The normalized spacial score (nSPS) is 11.5. The second-order valence-corrected chi connectivity index (χ2v) is 11.7. The van der Waals surface area contributed by atoms with Gasteiger partial charge in [-0.2, -0.15) is 0 Å². The van der Waals surface area contributed by atoms with Crippen LogP contribution < -0.4 is 0 Å². The Balaban J connectivity index is 0.000000175. The summed E-state index contributed by atoms with van der Waals surface area (Å²) in [5.41, 5.74) is 10.5. The molecule has 0 spiro atoms. The van der Waals surface area contributed by atoms with Crippen molar-refractivity contribution in [2.75, 3.05) is 0 Å². The fourth-order valence-electron chi connectivity index (χ4n) is 5.17. The molecule has 0 saturated carbocycles. The molecule has 7 aromatic rings. The van der Waals surface area contributed by atoms with Gasteiger partial charge < -0.3 is 15.0 Å². The zero-order valence-electron chi connectivity index (χ0n) is 30.9. The van der Waals surface area contributed by atoms with Gasteiger partial charge in [-0.3, -0.25) is 0 Å². The van der Waals surface area contributed by atoms with Crippen molar-refractivity contribution in [1.29, 1.82) is 0 Å². The number of pyridine rings is 3. The molecule has 0 aliphatic heterocycles. The molecule has 7 rings (SSSR count). The predicted molar refractivity (Wildman–Crippen MR) is 196 cm³/mol. The maximum absolute atomic E-state index is 7.29. The zero-order chi connectivity index (χ0) is 35.7. The SMILES string of the molecule is Cc1[c-]c(-c2nccc3ccc(C(C)C)cc23)cc(C)c1.Cc1cccc(-c2[c-]cccc2)n1.[2H]C([2H])([2H])c1cccc(-c2[c-]cccc2)n1.[Ir+3]. The first kappa shape index (κ1) is 31.8. The summed E-state index contributed by atoms with van der Waals surface area (Å²) in [4.78, 5) is 13.2. The third-order valence-electron chi connectivity index (χ3n) is 7.47. The molecule has 0 fully saturated rings. The van der Waals surface area contributed by atoms with Gasteiger partial charge in [-0.15, -0.1) is 107 Å². The summed E-state index contributed by atoms with van der Waals surface area (Å²) in [7, 11) is 0. The Morgan fingerprint density at radius 1 is 0.646 bits per heavy atom. The number of benzene rings is 4. The van der Waals surface area contributed by atoms with E-state index in [0.717, 1.165) is 39.3 Å². The number of nitrogens with zero attached hydrogens (tertiary/aromatic N) is 3. The third-order valence-corrected chi connectivity index (χ3v) is 7.47. The van der Waals surface area contributed by atoms with E-state index >= 15 is 0 Å². The van der Waals surface area contributed by atoms with Crippen molar-refractivity contribution >= 4 is 10.8 Å². The van der Waals surface area contributed by atoms with Crippen LogP contribution in [0.25, 0.3) is 44.5 Å². The van der Waals surface area contributed by atoms with Crippen LogP contribution in [0.5, 0.6) is 0 Å². The van der Waals surface area contributed by atoms with E-state index in [1.807, 2.05) is 73.8 Å². The molecule has 0 saturated heterocycles. The van der Waals surface area contributed by atoms with Gasteiger partial charge in [0.15, 0.2) is 0 Å². The Morgan fingerprint density at radius 3 is 1.85 bits per heavy atom. The Kier molecular flexibility index (Phi) is 11.5. The quantitative estimate of drug-likeness (QED) is 0.166. The van der Waals surface area contributed by atoms with Crippen LogP contribution >= 0.6 is 0 Å². The maximum Gasteiger partial charge on any atom is 3.00 e. The number of rotatable bonds is 4. The molecular formula is C44H40IrN3. The van der Waals surface area contributed by atoms with Gasteiger partial charge in [0.05, 0.1) is 0 Å². The van der Waals surface area contributed by atoms with Gasteiger partial charge in [0.25, 0.3) is 0 Å². The van der Waals surface area contributed by atoms with Crippen molar-refractivity contribution in [1.82, 2.24) is 15.0 Å². The smallest absolute Gasteiger partial charge is 0.304 e. The third kappa shape index (κ3) is 9.87.